The molecule has 0 aliphatic heterocycles. The highest BCUT2D eigenvalue weighted by molar-refractivity contribution is 5.81. The van der Waals surface area contributed by atoms with Crippen LogP contribution in [0.25, 0.3) is 0 Å². The zero-order valence-corrected chi connectivity index (χ0v) is 13.6. The molecule has 122 valence electrons. The minimum Gasteiger partial charge on any atom is -0.351 e. The largest absolute Gasteiger partial charge is 0.351 e. The SMILES string of the molecule is CCN(Cc1ccccc1)C(C)C(=O)NCc1ccc(F)cc1. The second kappa shape index (κ2) is 8.44. The molecule has 0 radical (unpaired) electrons. The third-order valence-corrected chi connectivity index (χ3v) is 3.94. The van der Waals surface area contributed by atoms with Gasteiger partial charge in [-0.2, -0.15) is 0 Å². The number of nitrogens with zero attached hydrogens (tertiary/aromatic N) is 1. The van der Waals surface area contributed by atoms with Crippen molar-refractivity contribution in [3.05, 3.63) is 71.5 Å². The molecule has 0 saturated carbocycles. The Bertz CT molecular complexity index is 613. The number of nitrogens with one attached hydrogen (secondary N) is 1. The minimum absolute atomic E-state index is 0.0212. The van der Waals surface area contributed by atoms with Crippen molar-refractivity contribution < 1.29 is 9.18 Å². The van der Waals surface area contributed by atoms with Crippen molar-refractivity contribution in [2.75, 3.05) is 6.54 Å². The highest BCUT2D eigenvalue weighted by Crippen LogP contribution is 2.09. The summed E-state index contributed by atoms with van der Waals surface area (Å²) in [6.07, 6.45) is 0. The quantitative estimate of drug-likeness (QED) is 0.850. The van der Waals surface area contributed by atoms with E-state index in [1.165, 1.54) is 17.7 Å². The molecule has 1 amide bonds. The van der Waals surface area contributed by atoms with E-state index in [4.69, 9.17) is 0 Å². The maximum Gasteiger partial charge on any atom is 0.237 e. The van der Waals surface area contributed by atoms with Crippen molar-refractivity contribution in [1.82, 2.24) is 10.2 Å². The van der Waals surface area contributed by atoms with Crippen molar-refractivity contribution in [1.29, 1.82) is 0 Å². The van der Waals surface area contributed by atoms with E-state index >= 15 is 0 Å². The van der Waals surface area contributed by atoms with Gasteiger partial charge in [0.25, 0.3) is 0 Å². The smallest absolute Gasteiger partial charge is 0.237 e. The van der Waals surface area contributed by atoms with Crippen LogP contribution in [0.15, 0.2) is 54.6 Å². The monoisotopic (exact) mass is 314 g/mol. The highest BCUT2D eigenvalue weighted by Gasteiger charge is 2.19. The number of halogens is 1. The lowest BCUT2D eigenvalue weighted by molar-refractivity contribution is -0.126. The van der Waals surface area contributed by atoms with E-state index in [-0.39, 0.29) is 17.8 Å². The maximum absolute atomic E-state index is 12.9. The van der Waals surface area contributed by atoms with Gasteiger partial charge in [0.1, 0.15) is 5.82 Å². The fourth-order valence-corrected chi connectivity index (χ4v) is 2.45. The van der Waals surface area contributed by atoms with Crippen molar-refractivity contribution in [2.24, 2.45) is 0 Å². The third-order valence-electron chi connectivity index (χ3n) is 3.94. The summed E-state index contributed by atoms with van der Waals surface area (Å²) in [6, 6.07) is 16.1. The summed E-state index contributed by atoms with van der Waals surface area (Å²) in [6.45, 7) is 5.90. The molecule has 2 aromatic carbocycles. The van der Waals surface area contributed by atoms with Gasteiger partial charge < -0.3 is 5.32 Å². The van der Waals surface area contributed by atoms with Crippen LogP contribution in [0.2, 0.25) is 0 Å². The van der Waals surface area contributed by atoms with Gasteiger partial charge >= 0.3 is 0 Å². The van der Waals surface area contributed by atoms with Gasteiger partial charge in [0, 0.05) is 13.1 Å². The summed E-state index contributed by atoms with van der Waals surface area (Å²) in [5, 5.41) is 2.92. The Hall–Kier alpha value is -2.20. The van der Waals surface area contributed by atoms with Crippen molar-refractivity contribution in [3.63, 3.8) is 0 Å². The zero-order chi connectivity index (χ0) is 16.7. The van der Waals surface area contributed by atoms with Crippen LogP contribution in [-0.2, 0) is 17.9 Å². The fourth-order valence-electron chi connectivity index (χ4n) is 2.45. The number of benzene rings is 2. The number of rotatable bonds is 7. The van der Waals surface area contributed by atoms with E-state index in [0.717, 1.165) is 18.7 Å². The summed E-state index contributed by atoms with van der Waals surface area (Å²) < 4.78 is 12.9. The first-order valence-electron chi connectivity index (χ1n) is 7.90. The van der Waals surface area contributed by atoms with Gasteiger partial charge in [-0.25, -0.2) is 4.39 Å². The molecule has 3 nitrogen and oxygen atoms in total. The number of hydrogen-bond acceptors (Lipinski definition) is 2. The van der Waals surface area contributed by atoms with Crippen LogP contribution < -0.4 is 5.32 Å². The van der Waals surface area contributed by atoms with Crippen LogP contribution >= 0.6 is 0 Å². The molecule has 1 N–H and O–H groups in total. The fraction of sp³-hybridized carbons (Fsp3) is 0.316. The number of carbonyl (C=O) groups excluding carboxylic acids is 1. The standard InChI is InChI=1S/C19H23FN2O/c1-3-22(14-17-7-5-4-6-8-17)15(2)19(23)21-13-16-9-11-18(20)12-10-16/h4-12,15H,3,13-14H2,1-2H3,(H,21,23). The van der Waals surface area contributed by atoms with Crippen LogP contribution in [0.1, 0.15) is 25.0 Å². The van der Waals surface area contributed by atoms with Crippen molar-refractivity contribution in [2.45, 2.75) is 33.0 Å². The highest BCUT2D eigenvalue weighted by atomic mass is 19.1. The van der Waals surface area contributed by atoms with Crippen molar-refractivity contribution >= 4 is 5.91 Å². The normalized spacial score (nSPS) is 12.2. The van der Waals surface area contributed by atoms with E-state index in [0.29, 0.717) is 6.54 Å². The number of carbonyl (C=O) groups is 1. The van der Waals surface area contributed by atoms with Gasteiger partial charge in [-0.3, -0.25) is 9.69 Å². The lowest BCUT2D eigenvalue weighted by Crippen LogP contribution is -2.44. The zero-order valence-electron chi connectivity index (χ0n) is 13.6. The number of likely N-dealkylation sites (N-methyl/N-ethyl adjacent to an activating group) is 1. The summed E-state index contributed by atoms with van der Waals surface area (Å²) >= 11 is 0. The molecule has 0 aliphatic carbocycles. The topological polar surface area (TPSA) is 32.3 Å². The Morgan fingerprint density at radius 2 is 1.74 bits per heavy atom. The van der Waals surface area contributed by atoms with E-state index in [1.54, 1.807) is 12.1 Å². The van der Waals surface area contributed by atoms with Crippen LogP contribution in [0, 0.1) is 5.82 Å². The molecule has 0 spiro atoms. The molecule has 0 aromatic heterocycles. The summed E-state index contributed by atoms with van der Waals surface area (Å²) in [4.78, 5) is 14.5. The first-order chi connectivity index (χ1) is 11.1. The van der Waals surface area contributed by atoms with E-state index in [2.05, 4.69) is 22.3 Å². The van der Waals surface area contributed by atoms with Crippen LogP contribution in [0.5, 0.6) is 0 Å². The average molecular weight is 314 g/mol. The predicted octanol–water partition coefficient (Wildman–Crippen LogP) is 3.35. The van der Waals surface area contributed by atoms with Crippen molar-refractivity contribution in [3.8, 4) is 0 Å². The summed E-state index contributed by atoms with van der Waals surface area (Å²) in [5.74, 6) is -0.291. The number of hydrogen-bond donors (Lipinski definition) is 1. The molecular weight excluding hydrogens is 291 g/mol. The molecule has 23 heavy (non-hydrogen) atoms. The molecule has 0 fully saturated rings. The van der Waals surface area contributed by atoms with Gasteiger partial charge in [-0.05, 0) is 36.7 Å². The first kappa shape index (κ1) is 17.2. The molecule has 1 atom stereocenters. The van der Waals surface area contributed by atoms with Gasteiger partial charge in [0.05, 0.1) is 6.04 Å². The molecular formula is C19H23FN2O. The Labute approximate surface area is 137 Å². The second-order valence-electron chi connectivity index (χ2n) is 5.57. The lowest BCUT2D eigenvalue weighted by Gasteiger charge is -2.27. The van der Waals surface area contributed by atoms with Gasteiger partial charge in [0.2, 0.25) is 5.91 Å². The van der Waals surface area contributed by atoms with E-state index in [9.17, 15) is 9.18 Å². The third kappa shape index (κ3) is 5.18. The predicted molar refractivity (Wildman–Crippen MR) is 90.2 cm³/mol. The Morgan fingerprint density at radius 3 is 2.35 bits per heavy atom. The molecule has 0 saturated heterocycles. The van der Waals surface area contributed by atoms with Crippen LogP contribution in [-0.4, -0.2) is 23.4 Å². The van der Waals surface area contributed by atoms with Crippen LogP contribution in [0.3, 0.4) is 0 Å². The second-order valence-corrected chi connectivity index (χ2v) is 5.57. The molecule has 0 bridgehead atoms. The van der Waals surface area contributed by atoms with Gasteiger partial charge in [-0.15, -0.1) is 0 Å². The average Bonchev–Trinajstić information content (AvgIpc) is 2.59. The Kier molecular flexibility index (Phi) is 6.29. The summed E-state index contributed by atoms with van der Waals surface area (Å²) in [7, 11) is 0. The maximum atomic E-state index is 12.9. The lowest BCUT2D eigenvalue weighted by atomic mass is 10.1. The molecule has 1 unspecified atom stereocenters. The molecule has 4 heteroatoms. The first-order valence-corrected chi connectivity index (χ1v) is 7.90. The molecule has 2 aromatic rings. The van der Waals surface area contributed by atoms with Crippen LogP contribution in [0.4, 0.5) is 4.39 Å². The molecule has 2 rings (SSSR count). The van der Waals surface area contributed by atoms with E-state index < -0.39 is 0 Å². The number of amides is 1. The van der Waals surface area contributed by atoms with E-state index in [1.807, 2.05) is 32.0 Å². The Morgan fingerprint density at radius 1 is 1.09 bits per heavy atom. The summed E-state index contributed by atoms with van der Waals surface area (Å²) in [5.41, 5.74) is 2.07. The van der Waals surface area contributed by atoms with Gasteiger partial charge in [0.15, 0.2) is 0 Å². The Balaban J connectivity index is 1.90. The van der Waals surface area contributed by atoms with Gasteiger partial charge in [-0.1, -0.05) is 49.4 Å². The molecule has 0 aliphatic rings. The minimum atomic E-state index is -0.270. The molecule has 0 heterocycles.